The molecular weight excluding hydrogens is 318 g/mol. The van der Waals surface area contributed by atoms with Crippen LogP contribution in [0.25, 0.3) is 5.65 Å². The number of nitrogens with one attached hydrogen (secondary N) is 1. The number of carbonyl (C=O) groups is 2. The lowest BCUT2D eigenvalue weighted by Gasteiger charge is -2.18. The fraction of sp³-hybridized carbons (Fsp3) is 0.556. The number of fused-ring (bicyclic) bond motifs is 1. The van der Waals surface area contributed by atoms with Crippen molar-refractivity contribution < 1.29 is 9.59 Å². The van der Waals surface area contributed by atoms with Crippen LogP contribution in [0.2, 0.25) is 0 Å². The summed E-state index contributed by atoms with van der Waals surface area (Å²) in [4.78, 5) is 26.0. The molecule has 3 heterocycles. The zero-order valence-electron chi connectivity index (χ0n) is 14.8. The van der Waals surface area contributed by atoms with E-state index >= 15 is 0 Å². The number of amides is 2. The van der Waals surface area contributed by atoms with Gasteiger partial charge < -0.3 is 10.2 Å². The van der Waals surface area contributed by atoms with Crippen LogP contribution in [0.1, 0.15) is 32.5 Å². The molecule has 7 heteroatoms. The van der Waals surface area contributed by atoms with Gasteiger partial charge in [-0.05, 0) is 24.5 Å². The van der Waals surface area contributed by atoms with Crippen LogP contribution in [0.5, 0.6) is 0 Å². The molecule has 0 aromatic carbocycles. The Hall–Kier alpha value is -2.44. The lowest BCUT2D eigenvalue weighted by Crippen LogP contribution is -2.34. The lowest BCUT2D eigenvalue weighted by atomic mass is 10.1. The van der Waals surface area contributed by atoms with Gasteiger partial charge in [0.15, 0.2) is 5.65 Å². The highest BCUT2D eigenvalue weighted by Gasteiger charge is 2.34. The second-order valence-electron chi connectivity index (χ2n) is 7.03. The monoisotopic (exact) mass is 343 g/mol. The first-order valence-electron chi connectivity index (χ1n) is 8.88. The first kappa shape index (κ1) is 17.4. The molecule has 0 unspecified atom stereocenters. The molecule has 3 rings (SSSR count). The molecular formula is C18H25N5O2. The Morgan fingerprint density at radius 3 is 3.00 bits per heavy atom. The van der Waals surface area contributed by atoms with Gasteiger partial charge in [-0.2, -0.15) is 0 Å². The number of pyridine rings is 1. The minimum Gasteiger partial charge on any atom is -0.356 e. The molecule has 1 aliphatic heterocycles. The number of hydrogen-bond donors (Lipinski definition) is 1. The summed E-state index contributed by atoms with van der Waals surface area (Å²) in [6.45, 7) is 6.00. The van der Waals surface area contributed by atoms with E-state index in [1.54, 1.807) is 4.90 Å². The molecule has 134 valence electrons. The smallest absolute Gasteiger partial charge is 0.225 e. The number of nitrogens with zero attached hydrogens (tertiary/aromatic N) is 4. The molecule has 2 amide bonds. The highest BCUT2D eigenvalue weighted by Crippen LogP contribution is 2.19. The molecule has 7 nitrogen and oxygen atoms in total. The summed E-state index contributed by atoms with van der Waals surface area (Å²) in [6, 6.07) is 5.79. The van der Waals surface area contributed by atoms with Crippen molar-refractivity contribution in [2.24, 2.45) is 11.8 Å². The summed E-state index contributed by atoms with van der Waals surface area (Å²) in [5.41, 5.74) is 0.830. The predicted octanol–water partition coefficient (Wildman–Crippen LogP) is 1.28. The molecule has 0 saturated carbocycles. The van der Waals surface area contributed by atoms with Gasteiger partial charge in [-0.3, -0.25) is 14.0 Å². The first-order valence-corrected chi connectivity index (χ1v) is 8.88. The van der Waals surface area contributed by atoms with Crippen molar-refractivity contribution in [2.75, 3.05) is 19.6 Å². The van der Waals surface area contributed by atoms with E-state index in [4.69, 9.17) is 0 Å². The average Bonchev–Trinajstić information content (AvgIpc) is 3.15. The molecule has 2 aromatic heterocycles. The van der Waals surface area contributed by atoms with Crippen molar-refractivity contribution >= 4 is 17.5 Å². The highest BCUT2D eigenvalue weighted by molar-refractivity contribution is 5.89. The van der Waals surface area contributed by atoms with Gasteiger partial charge in [0.1, 0.15) is 5.82 Å². The molecule has 1 N–H and O–H groups in total. The van der Waals surface area contributed by atoms with E-state index in [0.29, 0.717) is 25.4 Å². The number of rotatable bonds is 7. The summed E-state index contributed by atoms with van der Waals surface area (Å²) in [7, 11) is 0. The molecule has 0 aliphatic carbocycles. The Balaban J connectivity index is 1.43. The molecule has 1 fully saturated rings. The lowest BCUT2D eigenvalue weighted by molar-refractivity contribution is -0.129. The highest BCUT2D eigenvalue weighted by atomic mass is 16.2. The molecule has 25 heavy (non-hydrogen) atoms. The van der Waals surface area contributed by atoms with Crippen molar-refractivity contribution in [3.8, 4) is 0 Å². The van der Waals surface area contributed by atoms with E-state index in [1.807, 2.05) is 28.8 Å². The minimum atomic E-state index is -0.222. The minimum absolute atomic E-state index is 0.0225. The van der Waals surface area contributed by atoms with E-state index in [0.717, 1.165) is 30.9 Å². The van der Waals surface area contributed by atoms with Gasteiger partial charge in [-0.15, -0.1) is 10.2 Å². The SMILES string of the molecule is CC(C)CN1C[C@@H](C(=O)NCCCc2nnc3ccccn23)CC1=O. The molecule has 0 radical (unpaired) electrons. The van der Waals surface area contributed by atoms with Gasteiger partial charge >= 0.3 is 0 Å². The number of aromatic nitrogens is 3. The molecule has 1 saturated heterocycles. The maximum Gasteiger partial charge on any atom is 0.225 e. The third-order valence-electron chi connectivity index (χ3n) is 4.43. The third-order valence-corrected chi connectivity index (χ3v) is 4.43. The van der Waals surface area contributed by atoms with Gasteiger partial charge in [0.2, 0.25) is 11.8 Å². The summed E-state index contributed by atoms with van der Waals surface area (Å²) in [5.74, 6) is 1.16. The zero-order chi connectivity index (χ0) is 17.8. The van der Waals surface area contributed by atoms with E-state index < -0.39 is 0 Å². The standard InChI is InChI=1S/C18H25N5O2/c1-13(2)11-22-12-14(10-17(22)24)18(25)19-8-5-7-16-21-20-15-6-3-4-9-23(15)16/h3-4,6,9,13-14H,5,7-8,10-12H2,1-2H3,(H,19,25)/t14-/m0/s1. The second kappa shape index (κ2) is 7.63. The Morgan fingerprint density at radius 2 is 2.20 bits per heavy atom. The van der Waals surface area contributed by atoms with Crippen molar-refractivity contribution in [3.05, 3.63) is 30.2 Å². The fourth-order valence-electron chi connectivity index (χ4n) is 3.23. The summed E-state index contributed by atoms with van der Waals surface area (Å²) >= 11 is 0. The largest absolute Gasteiger partial charge is 0.356 e. The number of carbonyl (C=O) groups excluding carboxylic acids is 2. The maximum atomic E-state index is 12.3. The fourth-order valence-corrected chi connectivity index (χ4v) is 3.23. The topological polar surface area (TPSA) is 79.6 Å². The molecule has 0 spiro atoms. The second-order valence-corrected chi connectivity index (χ2v) is 7.03. The summed E-state index contributed by atoms with van der Waals surface area (Å²) in [6.07, 6.45) is 3.80. The molecule has 2 aromatic rings. The van der Waals surface area contributed by atoms with Gasteiger partial charge in [0, 0.05) is 38.7 Å². The van der Waals surface area contributed by atoms with Crippen molar-refractivity contribution in [1.29, 1.82) is 0 Å². The summed E-state index contributed by atoms with van der Waals surface area (Å²) < 4.78 is 1.96. The summed E-state index contributed by atoms with van der Waals surface area (Å²) in [5, 5.41) is 11.3. The number of aryl methyl sites for hydroxylation is 1. The van der Waals surface area contributed by atoms with Gasteiger partial charge in [-0.1, -0.05) is 19.9 Å². The average molecular weight is 343 g/mol. The Bertz CT molecular complexity index is 755. The molecule has 1 aliphatic rings. The van der Waals surface area contributed by atoms with Crippen LogP contribution in [-0.2, 0) is 16.0 Å². The first-order chi connectivity index (χ1) is 12.0. The quantitative estimate of drug-likeness (QED) is 0.768. The van der Waals surface area contributed by atoms with E-state index in [2.05, 4.69) is 29.4 Å². The van der Waals surface area contributed by atoms with E-state index in [9.17, 15) is 9.59 Å². The van der Waals surface area contributed by atoms with Crippen LogP contribution >= 0.6 is 0 Å². The number of hydrogen-bond acceptors (Lipinski definition) is 4. The van der Waals surface area contributed by atoms with E-state index in [-0.39, 0.29) is 17.7 Å². The maximum absolute atomic E-state index is 12.3. The zero-order valence-corrected chi connectivity index (χ0v) is 14.8. The van der Waals surface area contributed by atoms with Crippen LogP contribution in [0, 0.1) is 11.8 Å². The van der Waals surface area contributed by atoms with Crippen LogP contribution in [0.15, 0.2) is 24.4 Å². The van der Waals surface area contributed by atoms with Gasteiger partial charge in [-0.25, -0.2) is 0 Å². The molecule has 1 atom stereocenters. The number of likely N-dealkylation sites (tertiary alicyclic amines) is 1. The van der Waals surface area contributed by atoms with Crippen LogP contribution in [0.4, 0.5) is 0 Å². The van der Waals surface area contributed by atoms with Gasteiger partial charge in [0.05, 0.1) is 5.92 Å². The van der Waals surface area contributed by atoms with Gasteiger partial charge in [0.25, 0.3) is 0 Å². The van der Waals surface area contributed by atoms with E-state index in [1.165, 1.54) is 0 Å². The Kier molecular flexibility index (Phi) is 5.31. The van der Waals surface area contributed by atoms with Crippen LogP contribution in [-0.4, -0.2) is 50.9 Å². The Morgan fingerprint density at radius 1 is 1.36 bits per heavy atom. The van der Waals surface area contributed by atoms with Crippen molar-refractivity contribution in [2.45, 2.75) is 33.1 Å². The third kappa shape index (κ3) is 4.15. The van der Waals surface area contributed by atoms with Crippen molar-refractivity contribution in [1.82, 2.24) is 24.8 Å². The normalized spacial score (nSPS) is 17.6. The Labute approximate surface area is 147 Å². The van der Waals surface area contributed by atoms with Crippen molar-refractivity contribution in [3.63, 3.8) is 0 Å². The molecule has 0 bridgehead atoms. The van der Waals surface area contributed by atoms with Crippen LogP contribution in [0.3, 0.4) is 0 Å². The van der Waals surface area contributed by atoms with Crippen LogP contribution < -0.4 is 5.32 Å². The predicted molar refractivity (Wildman–Crippen MR) is 93.8 cm³/mol.